The van der Waals surface area contributed by atoms with E-state index in [4.69, 9.17) is 4.74 Å². The summed E-state index contributed by atoms with van der Waals surface area (Å²) in [5.41, 5.74) is 3.32. The van der Waals surface area contributed by atoms with Gasteiger partial charge < -0.3 is 30.4 Å². The highest BCUT2D eigenvalue weighted by atomic mass is 16.5. The summed E-state index contributed by atoms with van der Waals surface area (Å²) in [6.07, 6.45) is 4.16. The zero-order chi connectivity index (χ0) is 33.4. The third-order valence-electron chi connectivity index (χ3n) is 8.49. The highest BCUT2D eigenvalue weighted by Gasteiger charge is 2.34. The van der Waals surface area contributed by atoms with Crippen LogP contribution >= 0.6 is 0 Å². The number of hydrogen-bond acceptors (Lipinski definition) is 7. The Kier molecular flexibility index (Phi) is 11.6. The van der Waals surface area contributed by atoms with Crippen LogP contribution in [0.2, 0.25) is 0 Å². The number of nitrogens with zero attached hydrogens (tertiary/aromatic N) is 1. The topological polar surface area (TPSA) is 153 Å². The van der Waals surface area contributed by atoms with E-state index >= 15 is 0 Å². The Morgan fingerprint density at radius 2 is 1.70 bits per heavy atom. The summed E-state index contributed by atoms with van der Waals surface area (Å²) < 4.78 is 5.72. The van der Waals surface area contributed by atoms with Crippen molar-refractivity contribution in [3.8, 4) is 5.75 Å². The predicted molar refractivity (Wildman–Crippen MR) is 175 cm³/mol. The summed E-state index contributed by atoms with van der Waals surface area (Å²) in [4.78, 5) is 59.0. The first-order chi connectivity index (χ1) is 22.0. The van der Waals surface area contributed by atoms with Crippen LogP contribution in [0.4, 0.5) is 0 Å². The molecule has 4 rings (SSSR count). The van der Waals surface area contributed by atoms with Gasteiger partial charge in [0.15, 0.2) is 6.17 Å². The van der Waals surface area contributed by atoms with Gasteiger partial charge in [0.05, 0.1) is 18.6 Å². The Morgan fingerprint density at radius 3 is 2.41 bits per heavy atom. The van der Waals surface area contributed by atoms with E-state index in [2.05, 4.69) is 20.9 Å². The van der Waals surface area contributed by atoms with Crippen LogP contribution in [-0.2, 0) is 30.3 Å². The average molecular weight is 632 g/mol. The van der Waals surface area contributed by atoms with Crippen LogP contribution in [0.3, 0.4) is 0 Å². The summed E-state index contributed by atoms with van der Waals surface area (Å²) in [5, 5.41) is 19.5. The molecule has 46 heavy (non-hydrogen) atoms. The molecule has 1 aliphatic rings. The lowest BCUT2D eigenvalue weighted by molar-refractivity contribution is -0.149. The summed E-state index contributed by atoms with van der Waals surface area (Å²) in [7, 11) is 3.10. The number of nitrogens with one attached hydrogen (secondary N) is 4. The number of ether oxygens (including phenoxy) is 1. The fourth-order valence-corrected chi connectivity index (χ4v) is 5.76. The van der Waals surface area contributed by atoms with Crippen molar-refractivity contribution in [2.45, 2.75) is 77.2 Å². The SMILES string of the molecule is CN[C@@H]1NC(=O)[C@@H](C)C/C(C)=C/CC[C@H](C)OC(=O)C[C@H](c2ccc(O)cc2)NC(=O)C(Cc2c[nH]c3ccccc23)N(C)C1=O. The number of hydrogen-bond donors (Lipinski definition) is 5. The molecule has 0 aliphatic carbocycles. The lowest BCUT2D eigenvalue weighted by Crippen LogP contribution is -2.59. The highest BCUT2D eigenvalue weighted by Crippen LogP contribution is 2.24. The number of aromatic nitrogens is 1. The fourth-order valence-electron chi connectivity index (χ4n) is 5.76. The number of benzene rings is 2. The molecule has 3 aromatic rings. The molecule has 11 heteroatoms. The van der Waals surface area contributed by atoms with E-state index < -0.39 is 42.0 Å². The summed E-state index contributed by atoms with van der Waals surface area (Å²) in [6, 6.07) is 12.1. The maximum Gasteiger partial charge on any atom is 0.308 e. The van der Waals surface area contributed by atoms with Gasteiger partial charge in [0.25, 0.3) is 5.91 Å². The molecule has 0 spiro atoms. The van der Waals surface area contributed by atoms with Crippen LogP contribution < -0.4 is 16.0 Å². The van der Waals surface area contributed by atoms with Crippen molar-refractivity contribution in [3.63, 3.8) is 0 Å². The average Bonchev–Trinajstić information content (AvgIpc) is 3.43. The van der Waals surface area contributed by atoms with Crippen LogP contribution in [0.1, 0.15) is 63.6 Å². The normalized spacial score (nSPS) is 25.8. The molecule has 0 bridgehead atoms. The molecule has 11 nitrogen and oxygen atoms in total. The maximum absolute atomic E-state index is 14.2. The standard InChI is InChI=1S/C35H45N5O6/c1-21-9-8-10-23(3)46-31(42)19-29(24-13-15-26(41)16-14-24)38-34(44)30(18-25-20-37-28-12-7-6-11-27(25)28)40(5)35(45)32(36-4)39-33(43)22(2)17-21/h6-7,9,11-16,20,22-23,29-30,32,36-37,41H,8,10,17-19H2,1-5H3,(H,38,44)(H,39,43)/b21-9+/t22-,23-,29+,30?,32+/m0/s1. The summed E-state index contributed by atoms with van der Waals surface area (Å²) in [6.45, 7) is 5.58. The quantitative estimate of drug-likeness (QED) is 0.217. The largest absolute Gasteiger partial charge is 0.508 e. The number of fused-ring (bicyclic) bond motifs is 1. The first-order valence-electron chi connectivity index (χ1n) is 15.7. The number of cyclic esters (lactones) is 1. The molecule has 5 N–H and O–H groups in total. The van der Waals surface area contributed by atoms with Crippen LogP contribution in [0.15, 0.2) is 66.4 Å². The monoisotopic (exact) mass is 631 g/mol. The Labute approximate surface area is 269 Å². The number of rotatable bonds is 4. The zero-order valence-electron chi connectivity index (χ0n) is 27.1. The highest BCUT2D eigenvalue weighted by molar-refractivity contribution is 5.93. The smallest absolute Gasteiger partial charge is 0.308 e. The fraction of sp³-hybridized carbons (Fsp3) is 0.429. The van der Waals surface area contributed by atoms with Crippen molar-refractivity contribution in [3.05, 3.63) is 77.5 Å². The van der Waals surface area contributed by atoms with Crippen molar-refractivity contribution in [2.75, 3.05) is 14.1 Å². The summed E-state index contributed by atoms with van der Waals surface area (Å²) >= 11 is 0. The first-order valence-corrected chi connectivity index (χ1v) is 15.7. The Balaban J connectivity index is 1.73. The van der Waals surface area contributed by atoms with Crippen molar-refractivity contribution < 1.29 is 29.0 Å². The number of aromatic hydroxyl groups is 1. The van der Waals surface area contributed by atoms with Crippen LogP contribution in [0, 0.1) is 5.92 Å². The molecule has 0 saturated heterocycles. The van der Waals surface area contributed by atoms with Crippen molar-refractivity contribution in [2.24, 2.45) is 5.92 Å². The molecule has 2 heterocycles. The molecule has 246 valence electrons. The van der Waals surface area contributed by atoms with E-state index in [-0.39, 0.29) is 30.6 Å². The molecule has 1 aliphatic heterocycles. The number of carbonyl (C=O) groups excluding carboxylic acids is 4. The number of esters is 1. The molecule has 3 amide bonds. The maximum atomic E-state index is 14.2. The Hall–Kier alpha value is -4.64. The predicted octanol–water partition coefficient (Wildman–Crippen LogP) is 3.85. The van der Waals surface area contributed by atoms with E-state index in [0.29, 0.717) is 24.8 Å². The molecule has 5 atom stereocenters. The van der Waals surface area contributed by atoms with E-state index in [9.17, 15) is 24.3 Å². The van der Waals surface area contributed by atoms with Crippen molar-refractivity contribution in [1.82, 2.24) is 25.8 Å². The van der Waals surface area contributed by atoms with Gasteiger partial charge in [-0.1, -0.05) is 48.9 Å². The second-order valence-corrected chi connectivity index (χ2v) is 12.1. The van der Waals surface area contributed by atoms with Gasteiger partial charge >= 0.3 is 5.97 Å². The number of allylic oxidation sites excluding steroid dienone is 2. The summed E-state index contributed by atoms with van der Waals surface area (Å²) in [5.74, 6) is -2.13. The second kappa shape index (κ2) is 15.6. The number of para-hydroxylation sites is 1. The minimum absolute atomic E-state index is 0.0442. The molecule has 0 saturated carbocycles. The Morgan fingerprint density at radius 1 is 0.978 bits per heavy atom. The number of phenols is 1. The first kappa shape index (κ1) is 34.2. The van der Waals surface area contributed by atoms with E-state index in [0.717, 1.165) is 22.0 Å². The van der Waals surface area contributed by atoms with E-state index in [1.54, 1.807) is 26.1 Å². The molecule has 0 radical (unpaired) electrons. The lowest BCUT2D eigenvalue weighted by Gasteiger charge is -2.32. The van der Waals surface area contributed by atoms with Gasteiger partial charge in [0, 0.05) is 36.5 Å². The van der Waals surface area contributed by atoms with Gasteiger partial charge in [0.2, 0.25) is 11.8 Å². The minimum Gasteiger partial charge on any atom is -0.508 e. The van der Waals surface area contributed by atoms with Gasteiger partial charge in [0.1, 0.15) is 11.8 Å². The van der Waals surface area contributed by atoms with Gasteiger partial charge in [-0.15, -0.1) is 0 Å². The molecule has 1 aromatic heterocycles. The zero-order valence-corrected chi connectivity index (χ0v) is 27.1. The number of phenolic OH excluding ortho intramolecular Hbond substituents is 1. The van der Waals surface area contributed by atoms with Gasteiger partial charge in [-0.05, 0) is 69.5 Å². The molecule has 2 aromatic carbocycles. The molecule has 0 fully saturated rings. The molecular formula is C35H45N5O6. The van der Waals surface area contributed by atoms with Gasteiger partial charge in [-0.25, -0.2) is 0 Å². The second-order valence-electron chi connectivity index (χ2n) is 12.1. The third kappa shape index (κ3) is 8.75. The molecular weight excluding hydrogens is 586 g/mol. The minimum atomic E-state index is -1.08. The number of carbonyl (C=O) groups is 4. The number of amides is 3. The van der Waals surface area contributed by atoms with E-state index in [1.807, 2.05) is 50.4 Å². The number of aromatic amines is 1. The Bertz CT molecular complexity index is 1560. The number of H-pyrrole nitrogens is 1. The molecule has 1 unspecified atom stereocenters. The van der Waals surface area contributed by atoms with Gasteiger partial charge in [-0.3, -0.25) is 24.5 Å². The third-order valence-corrected chi connectivity index (χ3v) is 8.49. The lowest BCUT2D eigenvalue weighted by atomic mass is 9.99. The van der Waals surface area contributed by atoms with Gasteiger partial charge in [-0.2, -0.15) is 0 Å². The van der Waals surface area contributed by atoms with Crippen molar-refractivity contribution in [1.29, 1.82) is 0 Å². The van der Waals surface area contributed by atoms with Crippen LogP contribution in [-0.4, -0.2) is 71.1 Å². The van der Waals surface area contributed by atoms with Crippen molar-refractivity contribution >= 4 is 34.6 Å². The van der Waals surface area contributed by atoms with Crippen LogP contribution in [0.5, 0.6) is 5.75 Å². The van der Waals surface area contributed by atoms with Crippen LogP contribution in [0.25, 0.3) is 10.9 Å². The van der Waals surface area contributed by atoms with E-state index in [1.165, 1.54) is 24.1 Å². The number of likely N-dealkylation sites (N-methyl/N-ethyl adjacent to an activating group) is 2.